The van der Waals surface area contributed by atoms with Crippen molar-refractivity contribution in [3.8, 4) is 0 Å². The first kappa shape index (κ1) is 10.4. The standard InChI is InChI=1S/C12H13N3O/c1-9-7-11(13)14-12(16)15(9)8-10-5-3-2-4-6-10/h2-7H,8H2,1H3,(H2,13,14,16). The van der Waals surface area contributed by atoms with Crippen LogP contribution in [0.4, 0.5) is 5.82 Å². The Morgan fingerprint density at radius 2 is 2.00 bits per heavy atom. The van der Waals surface area contributed by atoms with Crippen molar-refractivity contribution >= 4 is 5.82 Å². The Balaban J connectivity index is 2.39. The summed E-state index contributed by atoms with van der Waals surface area (Å²) < 4.78 is 1.60. The van der Waals surface area contributed by atoms with Crippen molar-refractivity contribution in [2.24, 2.45) is 0 Å². The lowest BCUT2D eigenvalue weighted by Crippen LogP contribution is -2.26. The van der Waals surface area contributed by atoms with Gasteiger partial charge in [-0.05, 0) is 18.6 Å². The van der Waals surface area contributed by atoms with E-state index in [0.717, 1.165) is 11.3 Å². The molecule has 0 saturated carbocycles. The van der Waals surface area contributed by atoms with Gasteiger partial charge in [-0.25, -0.2) is 4.79 Å². The van der Waals surface area contributed by atoms with Crippen LogP contribution in [-0.4, -0.2) is 9.55 Å². The second-order valence-corrected chi connectivity index (χ2v) is 3.68. The highest BCUT2D eigenvalue weighted by Gasteiger charge is 2.03. The molecule has 0 aliphatic rings. The normalized spacial score (nSPS) is 10.3. The summed E-state index contributed by atoms with van der Waals surface area (Å²) >= 11 is 0. The number of aromatic nitrogens is 2. The lowest BCUT2D eigenvalue weighted by Gasteiger charge is -2.09. The molecule has 0 atom stereocenters. The Hall–Kier alpha value is -2.10. The third-order valence-electron chi connectivity index (χ3n) is 2.42. The third kappa shape index (κ3) is 2.11. The molecule has 0 unspecified atom stereocenters. The lowest BCUT2D eigenvalue weighted by atomic mass is 10.2. The summed E-state index contributed by atoms with van der Waals surface area (Å²) in [5, 5.41) is 0. The second kappa shape index (κ2) is 4.18. The number of rotatable bonds is 2. The van der Waals surface area contributed by atoms with Crippen molar-refractivity contribution in [1.82, 2.24) is 9.55 Å². The fourth-order valence-corrected chi connectivity index (χ4v) is 1.60. The van der Waals surface area contributed by atoms with Gasteiger partial charge >= 0.3 is 5.69 Å². The Bertz CT molecular complexity index is 546. The molecular formula is C12H13N3O. The summed E-state index contributed by atoms with van der Waals surface area (Å²) in [7, 11) is 0. The van der Waals surface area contributed by atoms with Crippen molar-refractivity contribution in [2.75, 3.05) is 5.73 Å². The van der Waals surface area contributed by atoms with Crippen LogP contribution in [-0.2, 0) is 6.54 Å². The summed E-state index contributed by atoms with van der Waals surface area (Å²) in [4.78, 5) is 15.4. The van der Waals surface area contributed by atoms with Gasteiger partial charge in [-0.2, -0.15) is 4.98 Å². The minimum absolute atomic E-state index is 0.270. The highest BCUT2D eigenvalue weighted by Crippen LogP contribution is 2.04. The maximum atomic E-state index is 11.6. The van der Waals surface area contributed by atoms with Crippen LogP contribution in [0.2, 0.25) is 0 Å². The van der Waals surface area contributed by atoms with Crippen molar-refractivity contribution in [1.29, 1.82) is 0 Å². The predicted molar refractivity (Wildman–Crippen MR) is 63.2 cm³/mol. The van der Waals surface area contributed by atoms with Crippen LogP contribution >= 0.6 is 0 Å². The molecule has 16 heavy (non-hydrogen) atoms. The van der Waals surface area contributed by atoms with Gasteiger partial charge in [-0.1, -0.05) is 30.3 Å². The molecule has 0 amide bonds. The number of hydrogen-bond acceptors (Lipinski definition) is 3. The SMILES string of the molecule is Cc1cc(N)nc(=O)n1Cc1ccccc1. The first-order valence-electron chi connectivity index (χ1n) is 5.05. The predicted octanol–water partition coefficient (Wildman–Crippen LogP) is 1.18. The van der Waals surface area contributed by atoms with E-state index in [9.17, 15) is 4.79 Å². The number of aryl methyl sites for hydroxylation is 1. The van der Waals surface area contributed by atoms with Gasteiger partial charge in [0.05, 0.1) is 6.54 Å². The van der Waals surface area contributed by atoms with E-state index < -0.39 is 0 Å². The Morgan fingerprint density at radius 1 is 1.31 bits per heavy atom. The Morgan fingerprint density at radius 3 is 2.62 bits per heavy atom. The van der Waals surface area contributed by atoms with Gasteiger partial charge in [0.1, 0.15) is 5.82 Å². The minimum atomic E-state index is -0.304. The zero-order chi connectivity index (χ0) is 11.5. The van der Waals surface area contributed by atoms with Crippen molar-refractivity contribution < 1.29 is 0 Å². The second-order valence-electron chi connectivity index (χ2n) is 3.68. The van der Waals surface area contributed by atoms with Gasteiger partial charge in [0, 0.05) is 5.69 Å². The highest BCUT2D eigenvalue weighted by molar-refractivity contribution is 5.28. The molecule has 0 aliphatic heterocycles. The van der Waals surface area contributed by atoms with Gasteiger partial charge in [0.2, 0.25) is 0 Å². The molecule has 1 aromatic carbocycles. The maximum absolute atomic E-state index is 11.6. The molecule has 2 rings (SSSR count). The van der Waals surface area contributed by atoms with Crippen LogP contribution in [0.5, 0.6) is 0 Å². The molecule has 2 N–H and O–H groups in total. The fraction of sp³-hybridized carbons (Fsp3) is 0.167. The van der Waals surface area contributed by atoms with Crippen molar-refractivity contribution in [3.05, 3.63) is 58.1 Å². The van der Waals surface area contributed by atoms with Gasteiger partial charge in [-0.3, -0.25) is 4.57 Å². The molecule has 2 aromatic rings. The average molecular weight is 215 g/mol. The number of nitrogens with zero attached hydrogens (tertiary/aromatic N) is 2. The molecule has 0 aliphatic carbocycles. The average Bonchev–Trinajstić information content (AvgIpc) is 2.25. The van der Waals surface area contributed by atoms with E-state index in [1.165, 1.54) is 0 Å². The summed E-state index contributed by atoms with van der Waals surface area (Å²) in [6, 6.07) is 11.5. The molecule has 4 heteroatoms. The largest absolute Gasteiger partial charge is 0.383 e. The van der Waals surface area contributed by atoms with Crippen LogP contribution < -0.4 is 11.4 Å². The minimum Gasteiger partial charge on any atom is -0.383 e. The summed E-state index contributed by atoms with van der Waals surface area (Å²) in [5.41, 5.74) is 7.08. The monoisotopic (exact) mass is 215 g/mol. The maximum Gasteiger partial charge on any atom is 0.350 e. The van der Waals surface area contributed by atoms with E-state index in [1.807, 2.05) is 37.3 Å². The number of hydrogen-bond donors (Lipinski definition) is 1. The molecule has 82 valence electrons. The van der Waals surface area contributed by atoms with E-state index >= 15 is 0 Å². The first-order valence-corrected chi connectivity index (χ1v) is 5.05. The number of nitrogens with two attached hydrogens (primary N) is 1. The lowest BCUT2D eigenvalue weighted by molar-refractivity contribution is 0.702. The van der Waals surface area contributed by atoms with Gasteiger partial charge < -0.3 is 5.73 Å². The Labute approximate surface area is 93.4 Å². The van der Waals surface area contributed by atoms with E-state index in [2.05, 4.69) is 4.98 Å². The fourth-order valence-electron chi connectivity index (χ4n) is 1.60. The highest BCUT2D eigenvalue weighted by atomic mass is 16.1. The van der Waals surface area contributed by atoms with E-state index in [1.54, 1.807) is 10.6 Å². The van der Waals surface area contributed by atoms with E-state index in [0.29, 0.717) is 6.54 Å². The molecule has 4 nitrogen and oxygen atoms in total. The summed E-state index contributed by atoms with van der Waals surface area (Å²) in [6.45, 7) is 2.38. The molecule has 1 aromatic heterocycles. The molecule has 1 heterocycles. The zero-order valence-electron chi connectivity index (χ0n) is 9.05. The van der Waals surface area contributed by atoms with Crippen LogP contribution in [0.1, 0.15) is 11.3 Å². The molecule has 0 bridgehead atoms. The van der Waals surface area contributed by atoms with Crippen molar-refractivity contribution in [3.63, 3.8) is 0 Å². The zero-order valence-corrected chi connectivity index (χ0v) is 9.05. The molecule has 0 fully saturated rings. The van der Waals surface area contributed by atoms with E-state index in [-0.39, 0.29) is 11.5 Å². The van der Waals surface area contributed by atoms with Crippen LogP contribution in [0.3, 0.4) is 0 Å². The van der Waals surface area contributed by atoms with Crippen molar-refractivity contribution in [2.45, 2.75) is 13.5 Å². The van der Waals surface area contributed by atoms with Crippen LogP contribution in [0.25, 0.3) is 0 Å². The summed E-state index contributed by atoms with van der Waals surface area (Å²) in [5.74, 6) is 0.270. The van der Waals surface area contributed by atoms with Gasteiger partial charge in [0.25, 0.3) is 0 Å². The number of anilines is 1. The first-order chi connectivity index (χ1) is 7.66. The molecular weight excluding hydrogens is 202 g/mol. The molecule has 0 saturated heterocycles. The van der Waals surface area contributed by atoms with Crippen LogP contribution in [0.15, 0.2) is 41.2 Å². The van der Waals surface area contributed by atoms with Crippen LogP contribution in [0, 0.1) is 6.92 Å². The van der Waals surface area contributed by atoms with Gasteiger partial charge in [-0.15, -0.1) is 0 Å². The topological polar surface area (TPSA) is 60.9 Å². The number of nitrogen functional groups attached to an aromatic ring is 1. The van der Waals surface area contributed by atoms with E-state index in [4.69, 9.17) is 5.73 Å². The molecule has 0 radical (unpaired) electrons. The van der Waals surface area contributed by atoms with Gasteiger partial charge in [0.15, 0.2) is 0 Å². The summed E-state index contributed by atoms with van der Waals surface area (Å²) in [6.07, 6.45) is 0. The molecule has 0 spiro atoms. The smallest absolute Gasteiger partial charge is 0.350 e. The number of benzene rings is 1. The Kier molecular flexibility index (Phi) is 2.72. The quantitative estimate of drug-likeness (QED) is 0.818. The third-order valence-corrected chi connectivity index (χ3v) is 2.42.